The minimum Gasteiger partial charge on any atom is -0.459 e. The zero-order valence-electron chi connectivity index (χ0n) is 21.7. The number of unbranched alkanes of at least 4 members (excludes halogenated alkanes) is 2. The molecule has 0 aliphatic heterocycles. The lowest BCUT2D eigenvalue weighted by Crippen LogP contribution is -2.25. The van der Waals surface area contributed by atoms with Gasteiger partial charge in [0.15, 0.2) is 0 Å². The largest absolute Gasteiger partial charge is 0.459 e. The normalized spacial score (nSPS) is 17.4. The fraction of sp³-hybridized carbons (Fsp3) is 0.364. The minimum absolute atomic E-state index is 0.0914. The summed E-state index contributed by atoms with van der Waals surface area (Å²) < 4.78 is 20.6. The van der Waals surface area contributed by atoms with Crippen molar-refractivity contribution in [1.29, 1.82) is 0 Å². The standard InChI is InChI=1S/C33H37FO3/c1-3-4-5-6-24-7-9-27(10-8-24)29-17-20-31(32(34)21-29)28-13-11-25(12-14-28)26-15-18-30(19-16-26)37-33(36)23(2)22-35/h7-14,17,20-21,26,30,35H,2-6,15-16,18-19,22H2,1H3. The highest BCUT2D eigenvalue weighted by Crippen LogP contribution is 2.36. The van der Waals surface area contributed by atoms with E-state index in [-0.39, 0.29) is 24.1 Å². The fourth-order valence-corrected chi connectivity index (χ4v) is 5.12. The highest BCUT2D eigenvalue weighted by molar-refractivity contribution is 5.88. The number of hydrogen-bond acceptors (Lipinski definition) is 3. The van der Waals surface area contributed by atoms with E-state index in [1.165, 1.54) is 30.4 Å². The maximum atomic E-state index is 15.1. The molecular weight excluding hydrogens is 463 g/mol. The summed E-state index contributed by atoms with van der Waals surface area (Å²) in [5.74, 6) is -0.339. The molecule has 3 aromatic rings. The first-order valence-corrected chi connectivity index (χ1v) is 13.5. The first kappa shape index (κ1) is 26.8. The number of aliphatic hydroxyl groups excluding tert-OH is 1. The number of esters is 1. The zero-order chi connectivity index (χ0) is 26.2. The summed E-state index contributed by atoms with van der Waals surface area (Å²) in [5, 5.41) is 9.03. The summed E-state index contributed by atoms with van der Waals surface area (Å²) in [6.45, 7) is 5.36. The molecule has 194 valence electrons. The van der Waals surface area contributed by atoms with Gasteiger partial charge < -0.3 is 9.84 Å². The predicted molar refractivity (Wildman–Crippen MR) is 148 cm³/mol. The number of halogens is 1. The lowest BCUT2D eigenvalue weighted by Gasteiger charge is -2.28. The van der Waals surface area contributed by atoms with Crippen LogP contribution >= 0.6 is 0 Å². The molecule has 1 aliphatic carbocycles. The van der Waals surface area contributed by atoms with Gasteiger partial charge in [0.1, 0.15) is 11.9 Å². The van der Waals surface area contributed by atoms with Gasteiger partial charge in [-0.15, -0.1) is 0 Å². The Morgan fingerprint density at radius 1 is 0.919 bits per heavy atom. The molecule has 0 atom stereocenters. The molecular formula is C33H37FO3. The van der Waals surface area contributed by atoms with Crippen LogP contribution in [0.2, 0.25) is 0 Å². The van der Waals surface area contributed by atoms with Crippen LogP contribution in [0.1, 0.15) is 68.9 Å². The van der Waals surface area contributed by atoms with Crippen molar-refractivity contribution in [3.63, 3.8) is 0 Å². The Balaban J connectivity index is 1.36. The topological polar surface area (TPSA) is 46.5 Å². The van der Waals surface area contributed by atoms with Crippen LogP contribution in [0, 0.1) is 5.82 Å². The predicted octanol–water partition coefficient (Wildman–Crippen LogP) is 8.01. The molecule has 3 aromatic carbocycles. The highest BCUT2D eigenvalue weighted by atomic mass is 19.1. The molecule has 0 heterocycles. The van der Waals surface area contributed by atoms with Crippen LogP contribution in [0.15, 0.2) is 78.9 Å². The van der Waals surface area contributed by atoms with Gasteiger partial charge in [0.2, 0.25) is 0 Å². The van der Waals surface area contributed by atoms with Crippen molar-refractivity contribution in [2.45, 2.75) is 70.3 Å². The van der Waals surface area contributed by atoms with Crippen molar-refractivity contribution in [1.82, 2.24) is 0 Å². The van der Waals surface area contributed by atoms with E-state index in [4.69, 9.17) is 9.84 Å². The van der Waals surface area contributed by atoms with Crippen LogP contribution < -0.4 is 0 Å². The molecule has 0 unspecified atom stereocenters. The average Bonchev–Trinajstić information content (AvgIpc) is 2.93. The average molecular weight is 501 g/mol. The Hall–Kier alpha value is -3.24. The van der Waals surface area contributed by atoms with Crippen molar-refractivity contribution in [3.8, 4) is 22.3 Å². The van der Waals surface area contributed by atoms with Gasteiger partial charge in [0, 0.05) is 5.56 Å². The maximum absolute atomic E-state index is 15.1. The summed E-state index contributed by atoms with van der Waals surface area (Å²) >= 11 is 0. The van der Waals surface area contributed by atoms with Gasteiger partial charge in [-0.1, -0.05) is 87.0 Å². The summed E-state index contributed by atoms with van der Waals surface area (Å²) in [4.78, 5) is 11.8. The van der Waals surface area contributed by atoms with E-state index in [1.54, 1.807) is 6.07 Å². The summed E-state index contributed by atoms with van der Waals surface area (Å²) in [5.41, 5.74) is 6.03. The Bertz CT molecular complexity index is 1190. The van der Waals surface area contributed by atoms with Gasteiger partial charge in [0.05, 0.1) is 12.2 Å². The van der Waals surface area contributed by atoms with Crippen LogP contribution in [0.5, 0.6) is 0 Å². The number of carbonyl (C=O) groups excluding carboxylic acids is 1. The van der Waals surface area contributed by atoms with Gasteiger partial charge in [-0.3, -0.25) is 0 Å². The third-order valence-electron chi connectivity index (χ3n) is 7.45. The molecule has 0 aromatic heterocycles. The van der Waals surface area contributed by atoms with E-state index in [2.05, 4.69) is 49.9 Å². The molecule has 4 rings (SSSR count). The van der Waals surface area contributed by atoms with Gasteiger partial charge >= 0.3 is 5.97 Å². The first-order chi connectivity index (χ1) is 18.0. The molecule has 3 nitrogen and oxygen atoms in total. The van der Waals surface area contributed by atoms with E-state index >= 15 is 4.39 Å². The highest BCUT2D eigenvalue weighted by Gasteiger charge is 2.25. The molecule has 1 aliphatic rings. The summed E-state index contributed by atoms with van der Waals surface area (Å²) in [6, 6.07) is 22.1. The van der Waals surface area contributed by atoms with Crippen molar-refractivity contribution in [2.75, 3.05) is 6.61 Å². The summed E-state index contributed by atoms with van der Waals surface area (Å²) in [6.07, 6.45) is 8.04. The SMILES string of the molecule is C=C(CO)C(=O)OC1CCC(c2ccc(-c3ccc(-c4ccc(CCCCC)cc4)cc3F)cc2)CC1. The van der Waals surface area contributed by atoms with Crippen LogP contribution in [0.4, 0.5) is 4.39 Å². The maximum Gasteiger partial charge on any atom is 0.336 e. The van der Waals surface area contributed by atoms with Crippen LogP contribution in [-0.4, -0.2) is 23.8 Å². The van der Waals surface area contributed by atoms with Gasteiger partial charge in [-0.2, -0.15) is 0 Å². The number of aryl methyl sites for hydroxylation is 1. The monoisotopic (exact) mass is 500 g/mol. The van der Waals surface area contributed by atoms with Crippen molar-refractivity contribution < 1.29 is 19.0 Å². The van der Waals surface area contributed by atoms with Gasteiger partial charge in [-0.05, 0) is 78.3 Å². The molecule has 4 heteroatoms. The van der Waals surface area contributed by atoms with E-state index in [9.17, 15) is 4.79 Å². The Morgan fingerprint density at radius 2 is 1.57 bits per heavy atom. The van der Waals surface area contributed by atoms with Crippen molar-refractivity contribution in [2.24, 2.45) is 0 Å². The quantitative estimate of drug-likeness (QED) is 0.174. The minimum atomic E-state index is -0.511. The molecule has 1 saturated carbocycles. The first-order valence-electron chi connectivity index (χ1n) is 13.5. The molecule has 0 radical (unpaired) electrons. The van der Waals surface area contributed by atoms with Crippen LogP contribution in [0.3, 0.4) is 0 Å². The second-order valence-electron chi connectivity index (χ2n) is 10.1. The second-order valence-corrected chi connectivity index (χ2v) is 10.1. The number of rotatable bonds is 10. The molecule has 37 heavy (non-hydrogen) atoms. The van der Waals surface area contributed by atoms with Gasteiger partial charge in [-0.25, -0.2) is 9.18 Å². The molecule has 1 fully saturated rings. The second kappa shape index (κ2) is 12.8. The van der Waals surface area contributed by atoms with Crippen LogP contribution in [-0.2, 0) is 16.0 Å². The Kier molecular flexibility index (Phi) is 9.29. The van der Waals surface area contributed by atoms with Crippen LogP contribution in [0.25, 0.3) is 22.3 Å². The van der Waals surface area contributed by atoms with E-state index in [1.807, 2.05) is 24.3 Å². The zero-order valence-corrected chi connectivity index (χ0v) is 21.7. The number of aliphatic hydroxyl groups is 1. The third-order valence-corrected chi connectivity index (χ3v) is 7.45. The lowest BCUT2D eigenvalue weighted by molar-refractivity contribution is -0.146. The number of benzene rings is 3. The molecule has 0 saturated heterocycles. The number of hydrogen-bond donors (Lipinski definition) is 1. The number of ether oxygens (including phenoxy) is 1. The lowest BCUT2D eigenvalue weighted by atomic mass is 9.82. The van der Waals surface area contributed by atoms with Crippen molar-refractivity contribution in [3.05, 3.63) is 95.8 Å². The number of carbonyl (C=O) groups is 1. The smallest absolute Gasteiger partial charge is 0.336 e. The van der Waals surface area contributed by atoms with E-state index in [0.29, 0.717) is 11.5 Å². The van der Waals surface area contributed by atoms with E-state index < -0.39 is 5.97 Å². The van der Waals surface area contributed by atoms with Crippen molar-refractivity contribution >= 4 is 5.97 Å². The Labute approximate surface area is 220 Å². The van der Waals surface area contributed by atoms with E-state index in [0.717, 1.165) is 48.8 Å². The third kappa shape index (κ3) is 6.95. The Morgan fingerprint density at radius 3 is 2.19 bits per heavy atom. The summed E-state index contributed by atoms with van der Waals surface area (Å²) in [7, 11) is 0. The molecule has 0 amide bonds. The fourth-order valence-electron chi connectivity index (χ4n) is 5.12. The molecule has 0 spiro atoms. The molecule has 1 N–H and O–H groups in total. The van der Waals surface area contributed by atoms with Gasteiger partial charge in [0.25, 0.3) is 0 Å². The molecule has 0 bridgehead atoms.